The van der Waals surface area contributed by atoms with Gasteiger partial charge in [-0.3, -0.25) is 0 Å². The van der Waals surface area contributed by atoms with Crippen LogP contribution in [0.4, 0.5) is 11.5 Å². The molecular weight excluding hydrogens is 380 g/mol. The lowest BCUT2D eigenvalue weighted by atomic mass is 10.1. The maximum absolute atomic E-state index is 5.11. The van der Waals surface area contributed by atoms with Gasteiger partial charge in [0, 0.05) is 18.7 Å². The second kappa shape index (κ2) is 7.08. The van der Waals surface area contributed by atoms with E-state index in [4.69, 9.17) is 10.1 Å². The third kappa shape index (κ3) is 2.68. The van der Waals surface area contributed by atoms with Gasteiger partial charge in [0.25, 0.3) is 0 Å². The minimum atomic E-state index is -0.564. The molecular formula is C22H22N6S. The topological polar surface area (TPSA) is 49.0 Å². The monoisotopic (exact) mass is 402 g/mol. The van der Waals surface area contributed by atoms with Crippen LogP contribution in [0.25, 0.3) is 0 Å². The smallest absolute Gasteiger partial charge is 0.220 e. The Kier molecular flexibility index (Phi) is 4.39. The number of para-hydroxylation sites is 1. The second-order valence-electron chi connectivity index (χ2n) is 6.86. The Morgan fingerprint density at radius 2 is 1.66 bits per heavy atom. The van der Waals surface area contributed by atoms with Crippen LogP contribution in [-0.4, -0.2) is 32.6 Å². The lowest BCUT2D eigenvalue weighted by Gasteiger charge is -2.45. The molecule has 1 atom stereocenters. The van der Waals surface area contributed by atoms with E-state index in [0.717, 1.165) is 40.8 Å². The Balaban J connectivity index is 1.73. The zero-order valence-electron chi connectivity index (χ0n) is 16.4. The van der Waals surface area contributed by atoms with E-state index in [1.54, 1.807) is 11.8 Å². The van der Waals surface area contributed by atoms with Crippen molar-refractivity contribution in [2.24, 2.45) is 10.1 Å². The van der Waals surface area contributed by atoms with Crippen LogP contribution in [0.2, 0.25) is 0 Å². The molecule has 0 aliphatic carbocycles. The first-order chi connectivity index (χ1) is 14.3. The molecule has 2 aromatic carbocycles. The summed E-state index contributed by atoms with van der Waals surface area (Å²) in [5, 5.41) is 12.8. The van der Waals surface area contributed by atoms with Crippen molar-refractivity contribution in [1.82, 2.24) is 14.7 Å². The highest BCUT2D eigenvalue weighted by Crippen LogP contribution is 2.54. The van der Waals surface area contributed by atoms with Crippen molar-refractivity contribution >= 4 is 34.6 Å². The fraction of sp³-hybridized carbons (Fsp3) is 0.227. The number of aryl methyl sites for hydroxylation is 1. The molecule has 29 heavy (non-hydrogen) atoms. The number of thioether (sulfide) groups is 1. The summed E-state index contributed by atoms with van der Waals surface area (Å²) in [6.07, 6.45) is 3.88. The van der Waals surface area contributed by atoms with Gasteiger partial charge in [0.2, 0.25) is 4.99 Å². The quantitative estimate of drug-likeness (QED) is 0.639. The summed E-state index contributed by atoms with van der Waals surface area (Å²) in [7, 11) is 0. The van der Waals surface area contributed by atoms with E-state index in [0.29, 0.717) is 0 Å². The van der Waals surface area contributed by atoms with E-state index in [1.165, 1.54) is 0 Å². The fourth-order valence-corrected chi connectivity index (χ4v) is 5.26. The first kappa shape index (κ1) is 18.0. The number of benzene rings is 2. The Hall–Kier alpha value is -3.06. The highest BCUT2D eigenvalue weighted by Gasteiger charge is 2.54. The van der Waals surface area contributed by atoms with Crippen LogP contribution in [0.1, 0.15) is 25.0 Å². The standard InChI is InChI=1S/C22H22N6S/c1-3-26-16-23-20-19(15-24-27(20)4-2)22(26)28(18-13-9-6-10-14-18)25-21(29-22)17-11-7-5-8-12-17/h5-16H,3-4H2,1-2H3/t22-/m0/s1. The van der Waals surface area contributed by atoms with Crippen LogP contribution in [0.5, 0.6) is 0 Å². The Morgan fingerprint density at radius 1 is 0.931 bits per heavy atom. The molecule has 0 amide bonds. The summed E-state index contributed by atoms with van der Waals surface area (Å²) in [6.45, 7) is 5.81. The van der Waals surface area contributed by atoms with Crippen molar-refractivity contribution in [2.75, 3.05) is 11.6 Å². The predicted molar refractivity (Wildman–Crippen MR) is 120 cm³/mol. The molecule has 0 bridgehead atoms. The second-order valence-corrected chi connectivity index (χ2v) is 8.02. The van der Waals surface area contributed by atoms with Crippen LogP contribution < -0.4 is 5.01 Å². The van der Waals surface area contributed by atoms with Crippen molar-refractivity contribution in [2.45, 2.75) is 25.4 Å². The Morgan fingerprint density at radius 3 is 2.34 bits per heavy atom. The van der Waals surface area contributed by atoms with Crippen LogP contribution >= 0.6 is 11.8 Å². The molecule has 2 aliphatic rings. The van der Waals surface area contributed by atoms with Crippen molar-refractivity contribution in [1.29, 1.82) is 0 Å². The van der Waals surface area contributed by atoms with Gasteiger partial charge in [-0.25, -0.2) is 14.7 Å². The molecule has 3 aromatic rings. The van der Waals surface area contributed by atoms with Crippen molar-refractivity contribution < 1.29 is 0 Å². The average Bonchev–Trinajstić information content (AvgIpc) is 3.38. The molecule has 0 saturated carbocycles. The summed E-state index contributed by atoms with van der Waals surface area (Å²) < 4.78 is 1.95. The van der Waals surface area contributed by atoms with Crippen LogP contribution in [0.15, 0.2) is 77.0 Å². The highest BCUT2D eigenvalue weighted by molar-refractivity contribution is 8.15. The lowest BCUT2D eigenvalue weighted by molar-refractivity contribution is 0.288. The number of aliphatic imine (C=N–C) groups is 1. The highest BCUT2D eigenvalue weighted by atomic mass is 32.2. The third-order valence-corrected chi connectivity index (χ3v) is 6.67. The van der Waals surface area contributed by atoms with E-state index in [-0.39, 0.29) is 0 Å². The first-order valence-electron chi connectivity index (χ1n) is 9.83. The van der Waals surface area contributed by atoms with Gasteiger partial charge < -0.3 is 4.90 Å². The number of aromatic nitrogens is 2. The summed E-state index contributed by atoms with van der Waals surface area (Å²) >= 11 is 1.75. The number of anilines is 1. The summed E-state index contributed by atoms with van der Waals surface area (Å²) in [6, 6.07) is 20.7. The maximum atomic E-state index is 5.11. The summed E-state index contributed by atoms with van der Waals surface area (Å²) in [4.78, 5) is 6.41. The molecule has 1 aromatic heterocycles. The molecule has 146 valence electrons. The van der Waals surface area contributed by atoms with Gasteiger partial charge in [-0.15, -0.1) is 0 Å². The predicted octanol–water partition coefficient (Wildman–Crippen LogP) is 4.62. The summed E-state index contributed by atoms with van der Waals surface area (Å²) in [5.74, 6) is 0.898. The number of hydrazone groups is 1. The summed E-state index contributed by atoms with van der Waals surface area (Å²) in [5.41, 5.74) is 3.21. The molecule has 0 saturated heterocycles. The van der Waals surface area contributed by atoms with Gasteiger partial charge in [0.05, 0.1) is 23.8 Å². The average molecular weight is 403 g/mol. The number of hydrogen-bond acceptors (Lipinski definition) is 6. The van der Waals surface area contributed by atoms with Crippen LogP contribution in [0, 0.1) is 0 Å². The van der Waals surface area contributed by atoms with Crippen molar-refractivity contribution in [3.05, 3.63) is 78.0 Å². The SMILES string of the molecule is CCN1C=Nc2c(cnn2CC)[C@]12SC(c1ccccc1)=NN2c1ccccc1. The van der Waals surface area contributed by atoms with Gasteiger partial charge in [-0.1, -0.05) is 48.5 Å². The molecule has 1 spiro atoms. The van der Waals surface area contributed by atoms with E-state index >= 15 is 0 Å². The van der Waals surface area contributed by atoms with E-state index < -0.39 is 4.99 Å². The molecule has 2 aliphatic heterocycles. The van der Waals surface area contributed by atoms with Crippen LogP contribution in [0.3, 0.4) is 0 Å². The Labute approximate surface area is 174 Å². The zero-order chi connectivity index (χ0) is 19.8. The van der Waals surface area contributed by atoms with Gasteiger partial charge in [-0.05, 0) is 37.7 Å². The molecule has 0 fully saturated rings. The van der Waals surface area contributed by atoms with E-state index in [1.807, 2.05) is 41.5 Å². The number of fused-ring (bicyclic) bond motifs is 2. The minimum Gasteiger partial charge on any atom is -0.325 e. The largest absolute Gasteiger partial charge is 0.325 e. The molecule has 0 radical (unpaired) electrons. The van der Waals surface area contributed by atoms with Gasteiger partial charge in [0.15, 0.2) is 5.82 Å². The van der Waals surface area contributed by atoms with Gasteiger partial charge in [0.1, 0.15) is 5.04 Å². The molecule has 3 heterocycles. The van der Waals surface area contributed by atoms with Crippen molar-refractivity contribution in [3.8, 4) is 0 Å². The number of nitrogens with zero attached hydrogens (tertiary/aromatic N) is 6. The molecule has 5 rings (SSSR count). The van der Waals surface area contributed by atoms with E-state index in [2.05, 4.69) is 65.3 Å². The van der Waals surface area contributed by atoms with Gasteiger partial charge in [-0.2, -0.15) is 10.2 Å². The molecule has 0 N–H and O–H groups in total. The number of hydrogen-bond donors (Lipinski definition) is 0. The van der Waals surface area contributed by atoms with E-state index in [9.17, 15) is 0 Å². The first-order valence-corrected chi connectivity index (χ1v) is 10.6. The third-order valence-electron chi connectivity index (χ3n) is 5.25. The zero-order valence-corrected chi connectivity index (χ0v) is 17.3. The van der Waals surface area contributed by atoms with Crippen LogP contribution in [-0.2, 0) is 11.5 Å². The maximum Gasteiger partial charge on any atom is 0.220 e. The Bertz CT molecular complexity index is 1080. The minimum absolute atomic E-state index is 0.564. The van der Waals surface area contributed by atoms with Gasteiger partial charge >= 0.3 is 0 Å². The molecule has 7 heteroatoms. The normalized spacial score (nSPS) is 20.3. The molecule has 0 unspecified atom stereocenters. The lowest BCUT2D eigenvalue weighted by Crippen LogP contribution is -2.53. The fourth-order valence-electron chi connectivity index (χ4n) is 3.84. The van der Waals surface area contributed by atoms with Crippen molar-refractivity contribution in [3.63, 3.8) is 0 Å². The number of rotatable bonds is 4. The molecule has 6 nitrogen and oxygen atoms in total.